The quantitative estimate of drug-likeness (QED) is 0.536. The number of nitrogens with zero attached hydrogens (tertiary/aromatic N) is 3. The van der Waals surface area contributed by atoms with Crippen molar-refractivity contribution in [1.82, 2.24) is 15.1 Å². The van der Waals surface area contributed by atoms with E-state index >= 15 is 0 Å². The molecule has 8 heteroatoms. The van der Waals surface area contributed by atoms with Gasteiger partial charge in [0.1, 0.15) is 12.9 Å². The average Bonchev–Trinajstić information content (AvgIpc) is 3.39. The predicted octanol–water partition coefficient (Wildman–Crippen LogP) is 1.83. The van der Waals surface area contributed by atoms with E-state index in [1.54, 1.807) is 0 Å². The van der Waals surface area contributed by atoms with Gasteiger partial charge in [-0.15, -0.1) is 0 Å². The third-order valence-corrected chi connectivity index (χ3v) is 7.79. The minimum absolute atomic E-state index is 0.0151. The second-order valence-corrected chi connectivity index (χ2v) is 11.2. The van der Waals surface area contributed by atoms with Gasteiger partial charge < -0.3 is 24.6 Å². The number of Topliss-reactive ketones (excluding diaryl/α,β-unsaturated/α-hetero) is 1. The van der Waals surface area contributed by atoms with Gasteiger partial charge in [-0.2, -0.15) is 0 Å². The molecule has 3 heterocycles. The van der Waals surface area contributed by atoms with Gasteiger partial charge in [-0.3, -0.25) is 14.5 Å². The number of hydrogen-bond donors (Lipinski definition) is 1. The average molecular weight is 485 g/mol. The molecule has 3 saturated heterocycles. The lowest BCUT2D eigenvalue weighted by molar-refractivity contribution is -0.121. The van der Waals surface area contributed by atoms with Crippen molar-refractivity contribution in [2.24, 2.45) is 11.3 Å². The fourth-order valence-electron chi connectivity index (χ4n) is 5.87. The van der Waals surface area contributed by atoms with Crippen molar-refractivity contribution in [2.75, 3.05) is 57.8 Å². The number of benzene rings is 1. The van der Waals surface area contributed by atoms with Gasteiger partial charge in [0.15, 0.2) is 5.78 Å². The van der Waals surface area contributed by atoms with Crippen LogP contribution in [0.4, 0.5) is 5.69 Å². The Morgan fingerprint density at radius 3 is 2.51 bits per heavy atom. The number of rotatable bonds is 9. The number of carbonyl (C=O) groups excluding carboxylic acids is 3. The molecule has 0 saturated carbocycles. The number of fused-ring (bicyclic) bond motifs is 1. The maximum atomic E-state index is 12.9. The summed E-state index contributed by atoms with van der Waals surface area (Å²) in [4.78, 5) is 44.1. The second-order valence-electron chi connectivity index (χ2n) is 11.2. The van der Waals surface area contributed by atoms with E-state index in [0.29, 0.717) is 24.4 Å². The number of carbonyl (C=O) groups is 3. The van der Waals surface area contributed by atoms with E-state index in [9.17, 15) is 14.4 Å². The van der Waals surface area contributed by atoms with E-state index in [2.05, 4.69) is 47.8 Å². The molecule has 1 amide bonds. The van der Waals surface area contributed by atoms with Gasteiger partial charge in [0.25, 0.3) is 5.91 Å². The first-order chi connectivity index (χ1) is 16.7. The monoisotopic (exact) mass is 484 g/mol. The van der Waals surface area contributed by atoms with Crippen molar-refractivity contribution in [3.05, 3.63) is 29.8 Å². The third kappa shape index (κ3) is 5.93. The van der Waals surface area contributed by atoms with Gasteiger partial charge in [-0.05, 0) is 55.5 Å². The molecule has 192 valence electrons. The first-order valence-electron chi connectivity index (χ1n) is 12.9. The lowest BCUT2D eigenvalue weighted by Gasteiger charge is -2.34. The molecule has 4 atom stereocenters. The molecule has 8 nitrogen and oxygen atoms in total. The molecule has 1 aromatic carbocycles. The normalized spacial score (nSPS) is 26.6. The van der Waals surface area contributed by atoms with Crippen LogP contribution in [0.25, 0.3) is 0 Å². The molecule has 0 spiro atoms. The van der Waals surface area contributed by atoms with E-state index in [1.165, 1.54) is 0 Å². The first-order valence-corrected chi connectivity index (χ1v) is 12.9. The minimum Gasteiger partial charge on any atom is -0.369 e. The zero-order valence-corrected chi connectivity index (χ0v) is 21.5. The number of amides is 1. The van der Waals surface area contributed by atoms with Crippen LogP contribution in [0.3, 0.4) is 0 Å². The van der Waals surface area contributed by atoms with Crippen LogP contribution < -0.4 is 10.2 Å². The summed E-state index contributed by atoms with van der Waals surface area (Å²) in [5, 5.41) is 2.91. The Hall–Kier alpha value is -2.29. The van der Waals surface area contributed by atoms with Crippen molar-refractivity contribution >= 4 is 23.7 Å². The second kappa shape index (κ2) is 10.8. The lowest BCUT2D eigenvalue weighted by Crippen LogP contribution is -2.46. The van der Waals surface area contributed by atoms with Crippen LogP contribution in [0.2, 0.25) is 0 Å². The van der Waals surface area contributed by atoms with Crippen LogP contribution in [-0.4, -0.2) is 98.9 Å². The smallest absolute Gasteiger partial charge is 0.251 e. The highest BCUT2D eigenvalue weighted by Gasteiger charge is 2.50. The molecule has 3 fully saturated rings. The summed E-state index contributed by atoms with van der Waals surface area (Å²) in [7, 11) is 2.13. The van der Waals surface area contributed by atoms with Gasteiger partial charge >= 0.3 is 0 Å². The molecule has 1 N–H and O–H groups in total. The summed E-state index contributed by atoms with van der Waals surface area (Å²) in [6.45, 7) is 12.0. The highest BCUT2D eigenvalue weighted by atomic mass is 16.5. The minimum atomic E-state index is -0.592. The summed E-state index contributed by atoms with van der Waals surface area (Å²) in [5.41, 5.74) is 1.40. The van der Waals surface area contributed by atoms with E-state index in [4.69, 9.17) is 4.74 Å². The molecular formula is C27H40N4O4. The van der Waals surface area contributed by atoms with Crippen LogP contribution >= 0.6 is 0 Å². The Morgan fingerprint density at radius 1 is 1.20 bits per heavy atom. The summed E-state index contributed by atoms with van der Waals surface area (Å²) < 4.78 is 5.78. The summed E-state index contributed by atoms with van der Waals surface area (Å²) in [6.07, 6.45) is 2.29. The van der Waals surface area contributed by atoms with Crippen molar-refractivity contribution in [1.29, 1.82) is 0 Å². The zero-order chi connectivity index (χ0) is 25.2. The van der Waals surface area contributed by atoms with Gasteiger partial charge in [-0.25, -0.2) is 0 Å². The highest BCUT2D eigenvalue weighted by Crippen LogP contribution is 2.36. The molecule has 0 bridgehead atoms. The molecule has 0 unspecified atom stereocenters. The molecule has 3 aliphatic heterocycles. The van der Waals surface area contributed by atoms with Gasteiger partial charge in [0, 0.05) is 50.5 Å². The maximum absolute atomic E-state index is 12.9. The lowest BCUT2D eigenvalue weighted by atomic mass is 9.85. The topological polar surface area (TPSA) is 82.2 Å². The Kier molecular flexibility index (Phi) is 7.93. The van der Waals surface area contributed by atoms with E-state index in [1.807, 2.05) is 24.3 Å². The van der Waals surface area contributed by atoms with Crippen LogP contribution in [0.1, 0.15) is 44.0 Å². The number of hydrogen-bond acceptors (Lipinski definition) is 7. The van der Waals surface area contributed by atoms with E-state index < -0.39 is 6.04 Å². The number of piperazine rings is 1. The molecule has 0 aromatic heterocycles. The standard InChI is InChI=1S/C27H40N4O4/c1-5-19-15-31(24-23(33)17-35-25(19)24)18-27(2,3)14-21(16-32)28-26(34)20-6-8-22(9-7-20)30-12-10-29(4)11-13-30/h6-9,16,19,21,24-25H,5,10-15,17-18H2,1-4H3,(H,28,34)/t19-,21+,24-,25-/m1/s1. The molecule has 0 aliphatic carbocycles. The fraction of sp³-hybridized carbons (Fsp3) is 0.667. The van der Waals surface area contributed by atoms with Crippen LogP contribution in [0.15, 0.2) is 24.3 Å². The number of aldehydes is 1. The van der Waals surface area contributed by atoms with Crippen LogP contribution in [0, 0.1) is 11.3 Å². The first kappa shape index (κ1) is 25.8. The number of likely N-dealkylation sites (N-methyl/N-ethyl adjacent to an activating group) is 1. The van der Waals surface area contributed by atoms with Crippen molar-refractivity contribution in [3.63, 3.8) is 0 Å². The predicted molar refractivity (Wildman–Crippen MR) is 136 cm³/mol. The third-order valence-electron chi connectivity index (χ3n) is 7.79. The molecule has 0 radical (unpaired) electrons. The Bertz CT molecular complexity index is 910. The van der Waals surface area contributed by atoms with Crippen LogP contribution in [0.5, 0.6) is 0 Å². The summed E-state index contributed by atoms with van der Waals surface area (Å²) >= 11 is 0. The molecule has 35 heavy (non-hydrogen) atoms. The molecule has 4 rings (SSSR count). The molecule has 1 aromatic rings. The number of nitrogens with one attached hydrogen (secondary N) is 1. The van der Waals surface area contributed by atoms with Gasteiger partial charge in [0.05, 0.1) is 18.2 Å². The zero-order valence-electron chi connectivity index (χ0n) is 21.5. The van der Waals surface area contributed by atoms with Crippen molar-refractivity contribution < 1.29 is 19.1 Å². The van der Waals surface area contributed by atoms with Gasteiger partial charge in [0.2, 0.25) is 0 Å². The summed E-state index contributed by atoms with van der Waals surface area (Å²) in [6, 6.07) is 6.85. The fourth-order valence-corrected chi connectivity index (χ4v) is 5.87. The van der Waals surface area contributed by atoms with Crippen LogP contribution in [-0.2, 0) is 14.3 Å². The number of ketones is 1. The molecule has 3 aliphatic rings. The van der Waals surface area contributed by atoms with E-state index in [-0.39, 0.29) is 35.9 Å². The number of anilines is 1. The summed E-state index contributed by atoms with van der Waals surface area (Å²) in [5.74, 6) is 0.272. The Labute approximate surface area is 209 Å². The number of likely N-dealkylation sites (tertiary alicyclic amines) is 1. The number of ether oxygens (including phenoxy) is 1. The van der Waals surface area contributed by atoms with Crippen molar-refractivity contribution in [3.8, 4) is 0 Å². The molecular weight excluding hydrogens is 444 g/mol. The Balaban J connectivity index is 1.33. The SMILES string of the molecule is CC[C@@H]1CN(CC(C)(C)C[C@@H](C=O)NC(=O)c2ccc(N3CCN(C)CC3)cc2)[C@@H]2C(=O)CO[C@H]12. The van der Waals surface area contributed by atoms with Gasteiger partial charge in [-0.1, -0.05) is 20.8 Å². The van der Waals surface area contributed by atoms with Crippen molar-refractivity contribution in [2.45, 2.75) is 51.8 Å². The highest BCUT2D eigenvalue weighted by molar-refractivity contribution is 5.96. The maximum Gasteiger partial charge on any atom is 0.251 e. The van der Waals surface area contributed by atoms with E-state index in [0.717, 1.165) is 51.1 Å². The Morgan fingerprint density at radius 2 is 1.89 bits per heavy atom. The largest absolute Gasteiger partial charge is 0.369 e.